The van der Waals surface area contributed by atoms with Gasteiger partial charge >= 0.3 is 6.09 Å². The van der Waals surface area contributed by atoms with E-state index in [1.807, 2.05) is 73.9 Å². The van der Waals surface area contributed by atoms with Gasteiger partial charge in [0.2, 0.25) is 11.8 Å². The van der Waals surface area contributed by atoms with Crippen molar-refractivity contribution in [3.63, 3.8) is 0 Å². The Bertz CT molecular complexity index is 2120. The van der Waals surface area contributed by atoms with Gasteiger partial charge in [0, 0.05) is 49.6 Å². The number of methoxy groups -OCH3 is 3. The van der Waals surface area contributed by atoms with E-state index in [0.29, 0.717) is 63.3 Å². The number of carbonyl (C=O) groups is 3. The van der Waals surface area contributed by atoms with Crippen LogP contribution in [0.4, 0.5) is 4.79 Å². The number of hydrogen-bond donors (Lipinski definition) is 4. The van der Waals surface area contributed by atoms with E-state index in [1.165, 1.54) is 7.11 Å². The molecule has 2 aromatic carbocycles. The molecule has 2 saturated heterocycles. The summed E-state index contributed by atoms with van der Waals surface area (Å²) in [6.07, 6.45) is 7.74. The van der Waals surface area contributed by atoms with Crippen LogP contribution in [-0.4, -0.2) is 121 Å². The average molecular weight is 857 g/mol. The van der Waals surface area contributed by atoms with Crippen LogP contribution in [0.5, 0.6) is 11.5 Å². The number of aromatic amines is 2. The van der Waals surface area contributed by atoms with Crippen LogP contribution in [0.2, 0.25) is 0 Å². The Labute approximate surface area is 364 Å². The van der Waals surface area contributed by atoms with E-state index in [-0.39, 0.29) is 35.7 Å². The van der Waals surface area contributed by atoms with Gasteiger partial charge in [-0.3, -0.25) is 9.59 Å². The van der Waals surface area contributed by atoms with Gasteiger partial charge in [-0.15, -0.1) is 0 Å². The van der Waals surface area contributed by atoms with Crippen LogP contribution in [0, 0.1) is 11.8 Å². The maximum atomic E-state index is 13.9. The molecule has 6 atom stereocenters. The normalized spacial score (nSPS) is 18.3. The summed E-state index contributed by atoms with van der Waals surface area (Å²) in [6.45, 7) is 10.6. The molecule has 3 amide bonds. The monoisotopic (exact) mass is 856 g/mol. The number of imidazole rings is 2. The lowest BCUT2D eigenvalue weighted by atomic mass is 9.97. The summed E-state index contributed by atoms with van der Waals surface area (Å²) >= 11 is 0. The number of nitrogens with zero attached hydrogens (tertiary/aromatic N) is 4. The lowest BCUT2D eigenvalue weighted by Gasteiger charge is -2.30. The van der Waals surface area contributed by atoms with E-state index in [9.17, 15) is 14.4 Å². The minimum Gasteiger partial charge on any atom is -0.491 e. The van der Waals surface area contributed by atoms with Crippen LogP contribution in [0.1, 0.15) is 90.0 Å². The predicted octanol–water partition coefficient (Wildman–Crippen LogP) is 6.66. The number of amides is 3. The summed E-state index contributed by atoms with van der Waals surface area (Å²) in [7, 11) is 4.56. The molecule has 2 aliphatic heterocycles. The SMILES string of the molecule is CC[C@H](C)[C@H](N)C(=O)N1CCC[C@H]1c1ncc(-c2ccc(-c3ccc(-c4cnc([C@@H]5CCCN5C(=O)[C@@H](NC(=O)OC)[C@@H](C)CC)[nH]4)cc3OCCOC)c(OCCOC)c2)[nH]1. The minimum atomic E-state index is -0.713. The molecule has 4 heterocycles. The summed E-state index contributed by atoms with van der Waals surface area (Å²) in [5, 5.41) is 2.76. The van der Waals surface area contributed by atoms with Gasteiger partial charge in [0.25, 0.3) is 0 Å². The molecule has 2 aromatic heterocycles. The van der Waals surface area contributed by atoms with Crippen LogP contribution >= 0.6 is 0 Å². The fourth-order valence-corrected chi connectivity index (χ4v) is 8.20. The number of rotatable bonds is 20. The van der Waals surface area contributed by atoms with Crippen molar-refractivity contribution in [2.24, 2.45) is 17.6 Å². The van der Waals surface area contributed by atoms with Gasteiger partial charge in [-0.05, 0) is 61.8 Å². The fraction of sp³-hybridized carbons (Fsp3) is 0.543. The molecule has 0 saturated carbocycles. The predicted molar refractivity (Wildman–Crippen MR) is 235 cm³/mol. The summed E-state index contributed by atoms with van der Waals surface area (Å²) < 4.78 is 28.3. The number of ether oxygens (including phenoxy) is 5. The van der Waals surface area contributed by atoms with Crippen molar-refractivity contribution >= 4 is 17.9 Å². The Morgan fingerprint density at radius 3 is 1.68 bits per heavy atom. The summed E-state index contributed by atoms with van der Waals surface area (Å²) in [4.78, 5) is 59.7. The third-order valence-electron chi connectivity index (χ3n) is 12.3. The molecule has 6 rings (SSSR count). The number of H-pyrrole nitrogens is 2. The van der Waals surface area contributed by atoms with Crippen LogP contribution in [-0.2, 0) is 23.8 Å². The zero-order valence-electron chi connectivity index (χ0n) is 37.2. The smallest absolute Gasteiger partial charge is 0.407 e. The first-order valence-electron chi connectivity index (χ1n) is 21.9. The van der Waals surface area contributed by atoms with Gasteiger partial charge in [0.1, 0.15) is 42.4 Å². The molecule has 0 unspecified atom stereocenters. The third-order valence-corrected chi connectivity index (χ3v) is 12.3. The third kappa shape index (κ3) is 10.4. The van der Waals surface area contributed by atoms with Gasteiger partial charge in [0.05, 0.1) is 62.2 Å². The van der Waals surface area contributed by atoms with Crippen molar-refractivity contribution in [3.8, 4) is 45.1 Å². The topological polar surface area (TPSA) is 199 Å². The van der Waals surface area contributed by atoms with E-state index in [0.717, 1.165) is 71.6 Å². The minimum absolute atomic E-state index is 0.0329. The maximum absolute atomic E-state index is 13.9. The first-order chi connectivity index (χ1) is 30.0. The molecule has 336 valence electrons. The van der Waals surface area contributed by atoms with E-state index < -0.39 is 18.2 Å². The van der Waals surface area contributed by atoms with E-state index >= 15 is 0 Å². The second-order valence-electron chi connectivity index (χ2n) is 16.3. The zero-order valence-corrected chi connectivity index (χ0v) is 37.2. The molecule has 16 nitrogen and oxygen atoms in total. The standard InChI is InChI=1S/C46H64N8O8/c1-8-28(3)40(47)44(55)53-18-10-12-36(53)42-48-26-34(50-42)30-14-16-32(38(24-30)61-22-20-58-5)33-17-15-31(25-39(33)62-23-21-59-6)35-27-49-43(51-35)37-13-11-19-54(37)45(56)41(29(4)9-2)52-46(57)60-7/h14-17,24-29,36-37,40-41H,8-13,18-23,47H2,1-7H3,(H,48,50)(H,49,51)(H,52,57)/t28-,29-,36-,37-,40-,41-/m0/s1. The van der Waals surface area contributed by atoms with Gasteiger partial charge in [0.15, 0.2) is 0 Å². The second kappa shape index (κ2) is 21.6. The van der Waals surface area contributed by atoms with Crippen molar-refractivity contribution in [1.29, 1.82) is 0 Å². The molecule has 62 heavy (non-hydrogen) atoms. The molecule has 16 heteroatoms. The number of carbonyl (C=O) groups excluding carboxylic acids is 3. The Balaban J connectivity index is 1.28. The Kier molecular flexibility index (Phi) is 16.0. The second-order valence-corrected chi connectivity index (χ2v) is 16.3. The molecule has 2 aliphatic rings. The Hall–Kier alpha value is -5.45. The summed E-state index contributed by atoms with van der Waals surface area (Å²) in [5.74, 6) is 2.47. The first kappa shape index (κ1) is 46.1. The zero-order chi connectivity index (χ0) is 44.3. The molecular formula is C46H64N8O8. The molecule has 0 radical (unpaired) electrons. The molecule has 2 fully saturated rings. The number of nitrogens with two attached hydrogens (primary N) is 1. The molecule has 5 N–H and O–H groups in total. The summed E-state index contributed by atoms with van der Waals surface area (Å²) in [6, 6.07) is 10.3. The first-order valence-corrected chi connectivity index (χ1v) is 21.9. The lowest BCUT2D eigenvalue weighted by Crippen LogP contribution is -2.51. The van der Waals surface area contributed by atoms with Gasteiger partial charge in [-0.1, -0.05) is 52.7 Å². The Morgan fingerprint density at radius 1 is 0.742 bits per heavy atom. The van der Waals surface area contributed by atoms with Gasteiger partial charge < -0.3 is 54.5 Å². The summed E-state index contributed by atoms with van der Waals surface area (Å²) in [5.41, 5.74) is 11.3. The molecule has 0 spiro atoms. The molecule has 0 aliphatic carbocycles. The molecule has 4 aromatic rings. The van der Waals surface area contributed by atoms with E-state index in [4.69, 9.17) is 39.4 Å². The number of aromatic nitrogens is 4. The highest BCUT2D eigenvalue weighted by Crippen LogP contribution is 2.42. The van der Waals surface area contributed by atoms with Crippen molar-refractivity contribution in [1.82, 2.24) is 35.1 Å². The number of alkyl carbamates (subject to hydrolysis) is 1. The Morgan fingerprint density at radius 2 is 1.23 bits per heavy atom. The number of benzene rings is 2. The van der Waals surface area contributed by atoms with Gasteiger partial charge in [-0.2, -0.15) is 0 Å². The van der Waals surface area contributed by atoms with Crippen molar-refractivity contribution < 1.29 is 38.1 Å². The average Bonchev–Trinajstić information content (AvgIpc) is 4.14. The molecule has 0 bridgehead atoms. The fourth-order valence-electron chi connectivity index (χ4n) is 8.20. The number of likely N-dealkylation sites (tertiary alicyclic amines) is 2. The van der Waals surface area contributed by atoms with E-state index in [2.05, 4.69) is 15.3 Å². The van der Waals surface area contributed by atoms with E-state index in [1.54, 1.807) is 26.6 Å². The van der Waals surface area contributed by atoms with Crippen LogP contribution < -0.4 is 20.5 Å². The number of nitrogens with one attached hydrogen (secondary N) is 3. The lowest BCUT2D eigenvalue weighted by molar-refractivity contribution is -0.136. The largest absolute Gasteiger partial charge is 0.491 e. The highest BCUT2D eigenvalue weighted by atomic mass is 16.5. The maximum Gasteiger partial charge on any atom is 0.407 e. The van der Waals surface area contributed by atoms with Crippen molar-refractivity contribution in [2.45, 2.75) is 90.4 Å². The van der Waals surface area contributed by atoms with Crippen LogP contribution in [0.25, 0.3) is 33.6 Å². The molecular weight excluding hydrogens is 793 g/mol. The highest BCUT2D eigenvalue weighted by molar-refractivity contribution is 5.87. The number of hydrogen-bond acceptors (Lipinski definition) is 11. The van der Waals surface area contributed by atoms with Crippen molar-refractivity contribution in [3.05, 3.63) is 60.4 Å². The van der Waals surface area contributed by atoms with Crippen LogP contribution in [0.15, 0.2) is 48.8 Å². The van der Waals surface area contributed by atoms with Crippen molar-refractivity contribution in [2.75, 3.05) is 60.8 Å². The van der Waals surface area contributed by atoms with Crippen LogP contribution in [0.3, 0.4) is 0 Å². The van der Waals surface area contributed by atoms with Gasteiger partial charge in [-0.25, -0.2) is 14.8 Å². The quantitative estimate of drug-likeness (QED) is 0.0694. The highest BCUT2D eigenvalue weighted by Gasteiger charge is 2.39.